The molecule has 0 saturated carbocycles. The van der Waals surface area contributed by atoms with E-state index in [2.05, 4.69) is 5.32 Å². The molecule has 1 atom stereocenters. The van der Waals surface area contributed by atoms with E-state index in [1.807, 2.05) is 0 Å². The van der Waals surface area contributed by atoms with Crippen LogP contribution in [0.5, 0.6) is 0 Å². The zero-order valence-electron chi connectivity index (χ0n) is 6.21. The zero-order chi connectivity index (χ0) is 8.27. The molecule has 0 bridgehead atoms. The van der Waals surface area contributed by atoms with Crippen LogP contribution in [0.25, 0.3) is 0 Å². The highest BCUT2D eigenvalue weighted by Gasteiger charge is 1.96. The first-order valence-electron chi connectivity index (χ1n) is 3.38. The number of hydrogen-bond donors (Lipinski definition) is 2. The van der Waals surface area contributed by atoms with Gasteiger partial charge >= 0.3 is 0 Å². The summed E-state index contributed by atoms with van der Waals surface area (Å²) < 4.78 is 12.5. The second-order valence-electron chi connectivity index (χ2n) is 2.33. The summed E-state index contributed by atoms with van der Waals surface area (Å²) in [5, 5.41) is 11.5. The highest BCUT2D eigenvalue weighted by atomic mass is 19.1. The molecule has 0 saturated heterocycles. The minimum absolute atomic E-state index is 0.310. The lowest BCUT2D eigenvalue weighted by atomic mass is 10.3. The van der Waals surface area contributed by atoms with Crippen LogP contribution in [0.1, 0.15) is 6.92 Å². The van der Waals surface area contributed by atoms with Crippen LogP contribution in [-0.4, -0.2) is 11.3 Å². The standard InChI is InChI=1S/C8H10FNO/c1-6(11)10-8-4-2-3-7(9)5-8/h2-6,10-11H,1H3. The number of hydrogen-bond acceptors (Lipinski definition) is 2. The Morgan fingerprint density at radius 2 is 2.27 bits per heavy atom. The van der Waals surface area contributed by atoms with Gasteiger partial charge in [0.05, 0.1) is 0 Å². The first-order valence-corrected chi connectivity index (χ1v) is 3.38. The molecule has 0 aliphatic rings. The summed E-state index contributed by atoms with van der Waals surface area (Å²) in [4.78, 5) is 0. The lowest BCUT2D eigenvalue weighted by Gasteiger charge is -2.07. The summed E-state index contributed by atoms with van der Waals surface area (Å²) >= 11 is 0. The summed E-state index contributed by atoms with van der Waals surface area (Å²) in [6, 6.07) is 5.95. The van der Waals surface area contributed by atoms with Crippen LogP contribution in [0, 0.1) is 5.82 Å². The van der Waals surface area contributed by atoms with Crippen LogP contribution in [0.3, 0.4) is 0 Å². The Morgan fingerprint density at radius 3 is 2.82 bits per heavy atom. The third kappa shape index (κ3) is 2.55. The average molecular weight is 155 g/mol. The normalized spacial score (nSPS) is 12.6. The van der Waals surface area contributed by atoms with Crippen molar-refractivity contribution >= 4 is 5.69 Å². The van der Waals surface area contributed by atoms with Crippen LogP contribution in [-0.2, 0) is 0 Å². The molecule has 0 aliphatic carbocycles. The topological polar surface area (TPSA) is 32.3 Å². The minimum Gasteiger partial charge on any atom is -0.374 e. The Labute approximate surface area is 64.7 Å². The van der Waals surface area contributed by atoms with E-state index in [1.54, 1.807) is 19.1 Å². The number of anilines is 1. The van der Waals surface area contributed by atoms with Gasteiger partial charge in [-0.2, -0.15) is 0 Å². The molecule has 1 rings (SSSR count). The van der Waals surface area contributed by atoms with E-state index in [1.165, 1.54) is 12.1 Å². The molecule has 1 aromatic rings. The average Bonchev–Trinajstić information content (AvgIpc) is 1.85. The van der Waals surface area contributed by atoms with Crippen molar-refractivity contribution in [3.05, 3.63) is 30.1 Å². The van der Waals surface area contributed by atoms with E-state index in [-0.39, 0.29) is 5.82 Å². The Hall–Kier alpha value is -1.09. The molecule has 0 fully saturated rings. The van der Waals surface area contributed by atoms with Gasteiger partial charge in [-0.25, -0.2) is 4.39 Å². The number of rotatable bonds is 2. The third-order valence-corrected chi connectivity index (χ3v) is 1.20. The van der Waals surface area contributed by atoms with E-state index in [9.17, 15) is 4.39 Å². The van der Waals surface area contributed by atoms with Crippen molar-refractivity contribution in [1.29, 1.82) is 0 Å². The lowest BCUT2D eigenvalue weighted by Crippen LogP contribution is -2.13. The van der Waals surface area contributed by atoms with Gasteiger partial charge in [-0.3, -0.25) is 0 Å². The van der Waals surface area contributed by atoms with Crippen molar-refractivity contribution in [2.45, 2.75) is 13.2 Å². The maximum atomic E-state index is 12.5. The summed E-state index contributed by atoms with van der Waals surface area (Å²) in [6.45, 7) is 1.57. The first kappa shape index (κ1) is 8.01. The number of halogens is 1. The quantitative estimate of drug-likeness (QED) is 0.635. The van der Waals surface area contributed by atoms with Crippen molar-refractivity contribution in [3.63, 3.8) is 0 Å². The van der Waals surface area contributed by atoms with Crippen molar-refractivity contribution < 1.29 is 9.50 Å². The van der Waals surface area contributed by atoms with Gasteiger partial charge in [-0.05, 0) is 25.1 Å². The Morgan fingerprint density at radius 1 is 1.55 bits per heavy atom. The summed E-state index contributed by atoms with van der Waals surface area (Å²) in [5.74, 6) is -0.310. The predicted octanol–water partition coefficient (Wildman–Crippen LogP) is 1.58. The van der Waals surface area contributed by atoms with Gasteiger partial charge in [0.25, 0.3) is 0 Å². The second kappa shape index (κ2) is 3.34. The van der Waals surface area contributed by atoms with E-state index >= 15 is 0 Å². The molecule has 2 N–H and O–H groups in total. The van der Waals surface area contributed by atoms with Gasteiger partial charge < -0.3 is 10.4 Å². The number of aliphatic hydroxyl groups excluding tert-OH is 1. The third-order valence-electron chi connectivity index (χ3n) is 1.20. The van der Waals surface area contributed by atoms with Gasteiger partial charge in [0.15, 0.2) is 0 Å². The molecule has 60 valence electrons. The fourth-order valence-electron chi connectivity index (χ4n) is 0.819. The van der Waals surface area contributed by atoms with E-state index in [0.717, 1.165) is 0 Å². The van der Waals surface area contributed by atoms with Crippen LogP contribution in [0.15, 0.2) is 24.3 Å². The molecule has 0 heterocycles. The maximum absolute atomic E-state index is 12.5. The highest BCUT2D eigenvalue weighted by molar-refractivity contribution is 5.43. The van der Waals surface area contributed by atoms with Crippen molar-refractivity contribution in [2.24, 2.45) is 0 Å². The smallest absolute Gasteiger partial charge is 0.125 e. The molecule has 2 nitrogen and oxygen atoms in total. The summed E-state index contributed by atoms with van der Waals surface area (Å²) in [5.41, 5.74) is 0.583. The molecule has 11 heavy (non-hydrogen) atoms. The first-order chi connectivity index (χ1) is 5.18. The zero-order valence-corrected chi connectivity index (χ0v) is 6.21. The SMILES string of the molecule is CC(O)Nc1cccc(F)c1. The van der Waals surface area contributed by atoms with Gasteiger partial charge in [0, 0.05) is 5.69 Å². The molecule has 0 amide bonds. The monoisotopic (exact) mass is 155 g/mol. The van der Waals surface area contributed by atoms with E-state index < -0.39 is 6.23 Å². The van der Waals surface area contributed by atoms with Crippen molar-refractivity contribution in [3.8, 4) is 0 Å². The number of benzene rings is 1. The second-order valence-corrected chi connectivity index (χ2v) is 2.33. The highest BCUT2D eigenvalue weighted by Crippen LogP contribution is 2.09. The van der Waals surface area contributed by atoms with Crippen LogP contribution < -0.4 is 5.32 Å². The molecular formula is C8H10FNO. The molecular weight excluding hydrogens is 145 g/mol. The molecule has 1 aromatic carbocycles. The lowest BCUT2D eigenvalue weighted by molar-refractivity contribution is 0.224. The Bertz CT molecular complexity index is 237. The Balaban J connectivity index is 2.71. The van der Waals surface area contributed by atoms with Crippen LogP contribution in [0.4, 0.5) is 10.1 Å². The molecule has 0 spiro atoms. The molecule has 3 heteroatoms. The largest absolute Gasteiger partial charge is 0.374 e. The summed E-state index contributed by atoms with van der Waals surface area (Å²) in [6.07, 6.45) is -0.656. The van der Waals surface area contributed by atoms with Gasteiger partial charge in [0.1, 0.15) is 12.0 Å². The number of aliphatic hydroxyl groups is 1. The summed E-state index contributed by atoms with van der Waals surface area (Å²) in [7, 11) is 0. The maximum Gasteiger partial charge on any atom is 0.125 e. The van der Waals surface area contributed by atoms with Crippen molar-refractivity contribution in [1.82, 2.24) is 0 Å². The van der Waals surface area contributed by atoms with Gasteiger partial charge in [-0.15, -0.1) is 0 Å². The van der Waals surface area contributed by atoms with E-state index in [4.69, 9.17) is 5.11 Å². The van der Waals surface area contributed by atoms with E-state index in [0.29, 0.717) is 5.69 Å². The van der Waals surface area contributed by atoms with Gasteiger partial charge in [0.2, 0.25) is 0 Å². The Kier molecular flexibility index (Phi) is 2.44. The van der Waals surface area contributed by atoms with Crippen LogP contribution in [0.2, 0.25) is 0 Å². The molecule has 0 aromatic heterocycles. The van der Waals surface area contributed by atoms with Crippen LogP contribution >= 0.6 is 0 Å². The predicted molar refractivity (Wildman–Crippen MR) is 41.7 cm³/mol. The fraction of sp³-hybridized carbons (Fsp3) is 0.250. The fourth-order valence-corrected chi connectivity index (χ4v) is 0.819. The molecule has 1 unspecified atom stereocenters. The molecule has 0 aliphatic heterocycles. The minimum atomic E-state index is -0.656. The van der Waals surface area contributed by atoms with Gasteiger partial charge in [-0.1, -0.05) is 6.07 Å². The number of nitrogens with one attached hydrogen (secondary N) is 1. The van der Waals surface area contributed by atoms with Crippen molar-refractivity contribution in [2.75, 3.05) is 5.32 Å². The molecule has 0 radical (unpaired) electrons.